The Hall–Kier alpha value is -1.92. The number of amides is 1. The van der Waals surface area contributed by atoms with Crippen molar-refractivity contribution in [2.24, 2.45) is 11.7 Å². The van der Waals surface area contributed by atoms with Crippen LogP contribution in [0.5, 0.6) is 0 Å². The molecule has 104 valence electrons. The molecule has 0 aromatic heterocycles. The Morgan fingerprint density at radius 2 is 1.89 bits per heavy atom. The minimum absolute atomic E-state index is 0.502. The largest absolute Gasteiger partial charge is 0.480 e. The number of hydrogen-bond donors (Lipinski definition) is 4. The Kier molecular flexibility index (Phi) is 5.47. The second-order valence-electron chi connectivity index (χ2n) is 4.31. The van der Waals surface area contributed by atoms with E-state index >= 15 is 0 Å². The van der Waals surface area contributed by atoms with Crippen LogP contribution in [0.15, 0.2) is 30.3 Å². The van der Waals surface area contributed by atoms with Crippen molar-refractivity contribution in [3.05, 3.63) is 35.9 Å². The SMILES string of the molecule is CC(C(=O)N[C@@H](CO)C(=O)O)C(N)c1ccccc1. The molecular formula is C13H18N2O4. The van der Waals surface area contributed by atoms with Gasteiger partial charge < -0.3 is 21.3 Å². The third-order valence-corrected chi connectivity index (χ3v) is 2.93. The predicted molar refractivity (Wildman–Crippen MR) is 69.2 cm³/mol. The molecule has 3 atom stereocenters. The lowest BCUT2D eigenvalue weighted by atomic mass is 9.94. The number of aliphatic hydroxyl groups excluding tert-OH is 1. The molecule has 1 rings (SSSR count). The summed E-state index contributed by atoms with van der Waals surface area (Å²) in [5, 5.41) is 19.9. The van der Waals surface area contributed by atoms with Crippen molar-refractivity contribution < 1.29 is 19.8 Å². The number of nitrogens with one attached hydrogen (secondary N) is 1. The standard InChI is InChI=1S/C13H18N2O4/c1-8(11(14)9-5-3-2-4-6-9)12(17)15-10(7-16)13(18)19/h2-6,8,10-11,16H,7,14H2,1H3,(H,15,17)(H,18,19)/t8?,10-,11?/m0/s1. The number of aliphatic carboxylic acids is 1. The first kappa shape index (κ1) is 15.1. The molecule has 0 fully saturated rings. The van der Waals surface area contributed by atoms with Crippen molar-refractivity contribution in [1.82, 2.24) is 5.32 Å². The van der Waals surface area contributed by atoms with Crippen LogP contribution < -0.4 is 11.1 Å². The van der Waals surface area contributed by atoms with Gasteiger partial charge in [-0.25, -0.2) is 4.79 Å². The van der Waals surface area contributed by atoms with E-state index in [2.05, 4.69) is 5.32 Å². The van der Waals surface area contributed by atoms with E-state index in [1.165, 1.54) is 0 Å². The van der Waals surface area contributed by atoms with Gasteiger partial charge in [0.2, 0.25) is 5.91 Å². The van der Waals surface area contributed by atoms with E-state index in [1.54, 1.807) is 19.1 Å². The first-order valence-electron chi connectivity index (χ1n) is 5.92. The number of hydrogen-bond acceptors (Lipinski definition) is 4. The van der Waals surface area contributed by atoms with Gasteiger partial charge in [0.1, 0.15) is 6.04 Å². The fourth-order valence-corrected chi connectivity index (χ4v) is 1.62. The minimum atomic E-state index is -1.31. The summed E-state index contributed by atoms with van der Waals surface area (Å²) in [5.74, 6) is -2.38. The van der Waals surface area contributed by atoms with E-state index < -0.39 is 36.5 Å². The molecule has 0 aliphatic carbocycles. The zero-order valence-electron chi connectivity index (χ0n) is 10.6. The van der Waals surface area contributed by atoms with Gasteiger partial charge in [-0.15, -0.1) is 0 Å². The van der Waals surface area contributed by atoms with Crippen molar-refractivity contribution in [2.45, 2.75) is 19.0 Å². The molecule has 1 aromatic rings. The average molecular weight is 266 g/mol. The molecule has 2 unspecified atom stereocenters. The van der Waals surface area contributed by atoms with Crippen LogP contribution in [0.25, 0.3) is 0 Å². The molecule has 0 saturated heterocycles. The summed E-state index contributed by atoms with van der Waals surface area (Å²) < 4.78 is 0. The van der Waals surface area contributed by atoms with Gasteiger partial charge in [0.05, 0.1) is 12.5 Å². The number of carboxylic acid groups (broad SMARTS) is 1. The average Bonchev–Trinajstić information content (AvgIpc) is 2.43. The maximum atomic E-state index is 11.9. The molecule has 5 N–H and O–H groups in total. The Morgan fingerprint density at radius 3 is 2.37 bits per heavy atom. The van der Waals surface area contributed by atoms with Crippen molar-refractivity contribution in [2.75, 3.05) is 6.61 Å². The second kappa shape index (κ2) is 6.86. The fraction of sp³-hybridized carbons (Fsp3) is 0.385. The second-order valence-corrected chi connectivity index (χ2v) is 4.31. The number of nitrogens with two attached hydrogens (primary N) is 1. The molecule has 0 aliphatic rings. The molecule has 0 spiro atoms. The normalized spacial score (nSPS) is 15.3. The maximum Gasteiger partial charge on any atom is 0.328 e. The van der Waals surface area contributed by atoms with Gasteiger partial charge >= 0.3 is 5.97 Å². The highest BCUT2D eigenvalue weighted by molar-refractivity contribution is 5.85. The molecule has 19 heavy (non-hydrogen) atoms. The van der Waals surface area contributed by atoms with E-state index in [0.29, 0.717) is 0 Å². The monoisotopic (exact) mass is 266 g/mol. The quantitative estimate of drug-likeness (QED) is 0.573. The topological polar surface area (TPSA) is 113 Å². The van der Waals surface area contributed by atoms with Gasteiger partial charge in [-0.3, -0.25) is 4.79 Å². The Balaban J connectivity index is 2.69. The van der Waals surface area contributed by atoms with Gasteiger partial charge in [-0.2, -0.15) is 0 Å². The zero-order chi connectivity index (χ0) is 14.4. The van der Waals surface area contributed by atoms with Crippen molar-refractivity contribution in [3.63, 3.8) is 0 Å². The van der Waals surface area contributed by atoms with Gasteiger partial charge in [-0.05, 0) is 5.56 Å². The molecule has 0 bridgehead atoms. The summed E-state index contributed by atoms with van der Waals surface area (Å²) >= 11 is 0. The molecule has 0 aliphatic heterocycles. The molecule has 0 saturated carbocycles. The van der Waals surface area contributed by atoms with E-state index in [1.807, 2.05) is 18.2 Å². The Labute approximate surface area is 111 Å². The van der Waals surface area contributed by atoms with Crippen LogP contribution in [-0.4, -0.2) is 34.7 Å². The van der Waals surface area contributed by atoms with Crippen LogP contribution in [0, 0.1) is 5.92 Å². The van der Waals surface area contributed by atoms with Gasteiger partial charge in [0.25, 0.3) is 0 Å². The molecule has 6 nitrogen and oxygen atoms in total. The smallest absolute Gasteiger partial charge is 0.328 e. The van der Waals surface area contributed by atoms with Crippen molar-refractivity contribution in [1.29, 1.82) is 0 Å². The van der Waals surface area contributed by atoms with Gasteiger partial charge in [-0.1, -0.05) is 37.3 Å². The third-order valence-electron chi connectivity index (χ3n) is 2.93. The molecule has 0 radical (unpaired) electrons. The van der Waals surface area contributed by atoms with Crippen LogP contribution in [0.3, 0.4) is 0 Å². The predicted octanol–water partition coefficient (Wildman–Crippen LogP) is -0.116. The van der Waals surface area contributed by atoms with Crippen LogP contribution in [0.2, 0.25) is 0 Å². The molecule has 0 heterocycles. The fourth-order valence-electron chi connectivity index (χ4n) is 1.62. The van der Waals surface area contributed by atoms with E-state index in [4.69, 9.17) is 15.9 Å². The number of rotatable bonds is 6. The van der Waals surface area contributed by atoms with E-state index in [0.717, 1.165) is 5.56 Å². The zero-order valence-corrected chi connectivity index (χ0v) is 10.6. The highest BCUT2D eigenvalue weighted by atomic mass is 16.4. The molecule has 1 aromatic carbocycles. The van der Waals surface area contributed by atoms with Crippen LogP contribution in [0.1, 0.15) is 18.5 Å². The van der Waals surface area contributed by atoms with E-state index in [9.17, 15) is 9.59 Å². The lowest BCUT2D eigenvalue weighted by Gasteiger charge is -2.21. The lowest BCUT2D eigenvalue weighted by molar-refractivity contribution is -0.143. The highest BCUT2D eigenvalue weighted by Crippen LogP contribution is 2.19. The first-order chi connectivity index (χ1) is 8.97. The first-order valence-corrected chi connectivity index (χ1v) is 5.92. The molecule has 6 heteroatoms. The lowest BCUT2D eigenvalue weighted by Crippen LogP contribution is -2.47. The van der Waals surface area contributed by atoms with Crippen molar-refractivity contribution >= 4 is 11.9 Å². The molecule has 1 amide bonds. The maximum absolute atomic E-state index is 11.9. The van der Waals surface area contributed by atoms with E-state index in [-0.39, 0.29) is 0 Å². The molecular weight excluding hydrogens is 248 g/mol. The summed E-state index contributed by atoms with van der Waals surface area (Å²) in [4.78, 5) is 22.6. The Bertz CT molecular complexity index is 436. The summed E-state index contributed by atoms with van der Waals surface area (Å²) in [6.45, 7) is 0.956. The number of carbonyl (C=O) groups excluding carboxylic acids is 1. The number of carbonyl (C=O) groups is 2. The number of carboxylic acids is 1. The summed E-state index contributed by atoms with van der Waals surface area (Å²) in [6, 6.07) is 7.23. The van der Waals surface area contributed by atoms with Crippen LogP contribution >= 0.6 is 0 Å². The number of benzene rings is 1. The van der Waals surface area contributed by atoms with Gasteiger partial charge in [0, 0.05) is 6.04 Å². The van der Waals surface area contributed by atoms with Crippen LogP contribution in [-0.2, 0) is 9.59 Å². The highest BCUT2D eigenvalue weighted by Gasteiger charge is 2.26. The summed E-state index contributed by atoms with van der Waals surface area (Å²) in [7, 11) is 0. The van der Waals surface area contributed by atoms with Gasteiger partial charge in [0.15, 0.2) is 0 Å². The summed E-state index contributed by atoms with van der Waals surface area (Å²) in [6.07, 6.45) is 0. The third kappa shape index (κ3) is 4.04. The number of aliphatic hydroxyl groups is 1. The van der Waals surface area contributed by atoms with Crippen molar-refractivity contribution in [3.8, 4) is 0 Å². The van der Waals surface area contributed by atoms with Crippen LogP contribution in [0.4, 0.5) is 0 Å². The Morgan fingerprint density at radius 1 is 1.32 bits per heavy atom. The summed E-state index contributed by atoms with van der Waals surface area (Å²) in [5.41, 5.74) is 6.75. The minimum Gasteiger partial charge on any atom is -0.480 e.